The van der Waals surface area contributed by atoms with Crippen LogP contribution in [0.25, 0.3) is 0 Å². The highest BCUT2D eigenvalue weighted by molar-refractivity contribution is 9.10. The molecule has 0 N–H and O–H groups in total. The third kappa shape index (κ3) is 2.76. The van der Waals surface area contributed by atoms with Crippen LogP contribution in [0.15, 0.2) is 30.3 Å². The molecule has 4 heteroatoms. The van der Waals surface area contributed by atoms with Gasteiger partial charge >= 0.3 is 5.97 Å². The SMILES string of the molecule is C[C@@]12CC[C@H]3[C@H](CCC(=O)[C@@]3(C)Br)[C@@H]1CC[C@@H]2OC(=O)c1ccccc1. The molecule has 0 aliphatic heterocycles. The lowest BCUT2D eigenvalue weighted by atomic mass is 9.54. The molecule has 6 atom stereocenters. The minimum atomic E-state index is -0.379. The molecule has 3 fully saturated rings. The lowest BCUT2D eigenvalue weighted by Crippen LogP contribution is -2.54. The fraction of sp³-hybridized carbons (Fsp3) is 0.636. The van der Waals surface area contributed by atoms with Crippen LogP contribution in [0.5, 0.6) is 0 Å². The highest BCUT2D eigenvalue weighted by Crippen LogP contribution is 2.62. The molecular weight excluding hydrogens is 392 g/mol. The van der Waals surface area contributed by atoms with Crippen LogP contribution < -0.4 is 0 Å². The summed E-state index contributed by atoms with van der Waals surface area (Å²) < 4.78 is 5.63. The number of benzene rings is 1. The predicted octanol–water partition coefficient (Wildman–Crippen LogP) is 5.17. The topological polar surface area (TPSA) is 43.4 Å². The maximum atomic E-state index is 12.6. The monoisotopic (exact) mass is 418 g/mol. The standard InChI is InChI=1S/C22H27BrO3/c1-21-13-12-17-15(8-10-18(24)22(17,2)23)16(21)9-11-19(21)26-20(25)14-6-4-3-5-7-14/h3-7,15-17,19H,8-13H2,1-2H3/t15-,16+,17+,19+,21-,22+/m1/s1. The van der Waals surface area contributed by atoms with Crippen LogP contribution in [0.3, 0.4) is 0 Å². The van der Waals surface area contributed by atoms with E-state index in [1.807, 2.05) is 30.3 Å². The highest BCUT2D eigenvalue weighted by Gasteiger charge is 2.60. The first-order valence-electron chi connectivity index (χ1n) is 9.82. The number of rotatable bonds is 2. The summed E-state index contributed by atoms with van der Waals surface area (Å²) in [6.45, 7) is 4.38. The first-order valence-corrected chi connectivity index (χ1v) is 10.6. The van der Waals surface area contributed by atoms with Gasteiger partial charge in [0.05, 0.1) is 9.89 Å². The van der Waals surface area contributed by atoms with Crippen molar-refractivity contribution in [2.24, 2.45) is 23.2 Å². The number of Topliss-reactive ketones (excluding diaryl/α,β-unsaturated/α-hetero) is 1. The van der Waals surface area contributed by atoms with Crippen molar-refractivity contribution in [3.05, 3.63) is 35.9 Å². The average Bonchev–Trinajstić information content (AvgIpc) is 2.95. The number of esters is 1. The zero-order valence-corrected chi connectivity index (χ0v) is 17.1. The number of fused-ring (bicyclic) bond motifs is 3. The van der Waals surface area contributed by atoms with Gasteiger partial charge in [-0.25, -0.2) is 4.79 Å². The number of alkyl halides is 1. The molecule has 0 aromatic heterocycles. The molecule has 1 aromatic carbocycles. The molecule has 140 valence electrons. The summed E-state index contributed by atoms with van der Waals surface area (Å²) in [4.78, 5) is 25.0. The van der Waals surface area contributed by atoms with Crippen molar-refractivity contribution >= 4 is 27.7 Å². The molecule has 3 nitrogen and oxygen atoms in total. The van der Waals surface area contributed by atoms with Gasteiger partial charge in [0.25, 0.3) is 0 Å². The number of ketones is 1. The minimum Gasteiger partial charge on any atom is -0.458 e. The predicted molar refractivity (Wildman–Crippen MR) is 104 cm³/mol. The summed E-state index contributed by atoms with van der Waals surface area (Å²) in [7, 11) is 0. The maximum absolute atomic E-state index is 12.6. The van der Waals surface area contributed by atoms with Crippen molar-refractivity contribution in [2.75, 3.05) is 0 Å². The van der Waals surface area contributed by atoms with E-state index in [1.54, 1.807) is 0 Å². The molecule has 0 spiro atoms. The first-order chi connectivity index (χ1) is 12.3. The Labute approximate surface area is 164 Å². The van der Waals surface area contributed by atoms with Crippen LogP contribution in [-0.2, 0) is 9.53 Å². The lowest BCUT2D eigenvalue weighted by molar-refractivity contribution is -0.130. The normalized spacial score (nSPS) is 42.0. The van der Waals surface area contributed by atoms with Crippen LogP contribution in [0.2, 0.25) is 0 Å². The quantitative estimate of drug-likeness (QED) is 0.491. The van der Waals surface area contributed by atoms with Crippen LogP contribution in [0.4, 0.5) is 0 Å². The maximum Gasteiger partial charge on any atom is 0.338 e. The smallest absolute Gasteiger partial charge is 0.338 e. The summed E-state index contributed by atoms with van der Waals surface area (Å²) in [5.41, 5.74) is 0.666. The molecule has 3 aliphatic rings. The number of hydrogen-bond donors (Lipinski definition) is 0. The van der Waals surface area contributed by atoms with Crippen molar-refractivity contribution in [1.82, 2.24) is 0 Å². The molecule has 3 saturated carbocycles. The summed E-state index contributed by atoms with van der Waals surface area (Å²) in [6.07, 6.45) is 5.75. The van der Waals surface area contributed by atoms with Crippen LogP contribution in [0.1, 0.15) is 62.7 Å². The van der Waals surface area contributed by atoms with E-state index in [4.69, 9.17) is 4.74 Å². The van der Waals surface area contributed by atoms with E-state index in [0.717, 1.165) is 32.1 Å². The summed E-state index contributed by atoms with van der Waals surface area (Å²) >= 11 is 3.77. The van der Waals surface area contributed by atoms with E-state index in [0.29, 0.717) is 35.5 Å². The van der Waals surface area contributed by atoms with Gasteiger partial charge in [-0.15, -0.1) is 0 Å². The molecule has 0 amide bonds. The Balaban J connectivity index is 1.53. The van der Waals surface area contributed by atoms with E-state index < -0.39 is 0 Å². The van der Waals surface area contributed by atoms with Crippen molar-refractivity contribution < 1.29 is 14.3 Å². The average molecular weight is 419 g/mol. The molecule has 0 radical (unpaired) electrons. The second kappa shape index (κ2) is 6.47. The second-order valence-corrected chi connectivity index (χ2v) is 10.4. The number of ether oxygens (including phenoxy) is 1. The lowest BCUT2D eigenvalue weighted by Gasteiger charge is -2.53. The second-order valence-electron chi connectivity index (χ2n) is 8.80. The number of carbonyl (C=O) groups is 2. The van der Waals surface area contributed by atoms with E-state index in [9.17, 15) is 9.59 Å². The van der Waals surface area contributed by atoms with E-state index >= 15 is 0 Å². The molecule has 26 heavy (non-hydrogen) atoms. The van der Waals surface area contributed by atoms with E-state index in [-0.39, 0.29) is 21.8 Å². The van der Waals surface area contributed by atoms with Gasteiger partial charge in [-0.05, 0) is 68.9 Å². The van der Waals surface area contributed by atoms with Gasteiger partial charge in [-0.3, -0.25) is 4.79 Å². The van der Waals surface area contributed by atoms with Gasteiger partial charge in [0.1, 0.15) is 11.9 Å². The van der Waals surface area contributed by atoms with E-state index in [2.05, 4.69) is 29.8 Å². The van der Waals surface area contributed by atoms with Crippen molar-refractivity contribution in [1.29, 1.82) is 0 Å². The van der Waals surface area contributed by atoms with E-state index in [1.165, 1.54) is 0 Å². The Morgan fingerprint density at radius 1 is 1.08 bits per heavy atom. The van der Waals surface area contributed by atoms with Crippen LogP contribution >= 0.6 is 15.9 Å². The molecule has 0 saturated heterocycles. The largest absolute Gasteiger partial charge is 0.458 e. The first kappa shape index (κ1) is 18.2. The molecule has 3 aliphatic carbocycles. The molecule has 0 bridgehead atoms. The van der Waals surface area contributed by atoms with Gasteiger partial charge in [0, 0.05) is 11.8 Å². The summed E-state index contributed by atoms with van der Waals surface area (Å²) in [5, 5.41) is 0. The van der Waals surface area contributed by atoms with Gasteiger partial charge < -0.3 is 4.74 Å². The molecule has 1 aromatic rings. The van der Waals surface area contributed by atoms with Gasteiger partial charge in [0.15, 0.2) is 0 Å². The zero-order valence-electron chi connectivity index (χ0n) is 15.5. The molecule has 0 unspecified atom stereocenters. The number of halogens is 1. The minimum absolute atomic E-state index is 0.0136. The van der Waals surface area contributed by atoms with Gasteiger partial charge in [-0.1, -0.05) is 41.1 Å². The van der Waals surface area contributed by atoms with Crippen molar-refractivity contribution in [2.45, 2.75) is 62.8 Å². The molecule has 4 rings (SSSR count). The fourth-order valence-electron chi connectivity index (χ4n) is 6.03. The Morgan fingerprint density at radius 3 is 2.54 bits per heavy atom. The van der Waals surface area contributed by atoms with Gasteiger partial charge in [-0.2, -0.15) is 0 Å². The Bertz CT molecular complexity index is 713. The highest BCUT2D eigenvalue weighted by atomic mass is 79.9. The fourth-order valence-corrected chi connectivity index (χ4v) is 6.80. The third-order valence-corrected chi connectivity index (χ3v) is 8.59. The molecular formula is C22H27BrO3. The molecule has 0 heterocycles. The zero-order chi connectivity index (χ0) is 18.5. The Morgan fingerprint density at radius 2 is 1.81 bits per heavy atom. The van der Waals surface area contributed by atoms with Crippen LogP contribution in [0, 0.1) is 23.2 Å². The van der Waals surface area contributed by atoms with Crippen molar-refractivity contribution in [3.63, 3.8) is 0 Å². The third-order valence-electron chi connectivity index (χ3n) is 7.56. The van der Waals surface area contributed by atoms with Crippen molar-refractivity contribution in [3.8, 4) is 0 Å². The Kier molecular flexibility index (Phi) is 4.53. The summed E-state index contributed by atoms with van der Waals surface area (Å²) in [5.74, 6) is 1.65. The number of hydrogen-bond acceptors (Lipinski definition) is 3. The summed E-state index contributed by atoms with van der Waals surface area (Å²) in [6, 6.07) is 9.29. The van der Waals surface area contributed by atoms with Crippen LogP contribution in [-0.4, -0.2) is 22.2 Å². The number of carbonyl (C=O) groups excluding carboxylic acids is 2. The van der Waals surface area contributed by atoms with Gasteiger partial charge in [0.2, 0.25) is 0 Å². The Hall–Kier alpha value is -1.16.